The van der Waals surface area contributed by atoms with Gasteiger partial charge in [0.15, 0.2) is 0 Å². The summed E-state index contributed by atoms with van der Waals surface area (Å²) in [6.45, 7) is 6.65. The number of urea groups is 1. The Hall–Kier alpha value is -5.04. The van der Waals surface area contributed by atoms with E-state index < -0.39 is 0 Å². The van der Waals surface area contributed by atoms with Gasteiger partial charge in [0.05, 0.1) is 18.2 Å². The monoisotopic (exact) mass is 494 g/mol. The van der Waals surface area contributed by atoms with Crippen LogP contribution < -0.4 is 15.5 Å². The molecule has 0 fully saturated rings. The quantitative estimate of drug-likeness (QED) is 0.350. The zero-order chi connectivity index (χ0) is 26.4. The highest BCUT2D eigenvalue weighted by Gasteiger charge is 2.19. The molecule has 0 aliphatic heterocycles. The standard InChI is InChI=1S/C27H26N8O2/c1-27(2,3)21-11-13-23(14-12-21)35(26(37)29-22-6-4-5-19(15-22)16-28)17-18-7-9-20(10-8-18)24(36)30-25-31-33-34-32-25/h4-15H,17H2,1-3H3,(H,29,37)(H2,30,31,32,33,34,36). The van der Waals surface area contributed by atoms with Crippen molar-refractivity contribution in [2.45, 2.75) is 32.7 Å². The number of benzene rings is 3. The van der Waals surface area contributed by atoms with E-state index in [1.54, 1.807) is 53.4 Å². The molecular formula is C27H26N8O2. The summed E-state index contributed by atoms with van der Waals surface area (Å²) >= 11 is 0. The molecule has 0 saturated heterocycles. The highest BCUT2D eigenvalue weighted by molar-refractivity contribution is 6.03. The van der Waals surface area contributed by atoms with Crippen LogP contribution in [0, 0.1) is 11.3 Å². The predicted octanol–water partition coefficient (Wildman–Crippen LogP) is 4.86. The van der Waals surface area contributed by atoms with Gasteiger partial charge in [0.25, 0.3) is 11.9 Å². The van der Waals surface area contributed by atoms with Gasteiger partial charge in [-0.05, 0) is 64.2 Å². The average Bonchev–Trinajstić information content (AvgIpc) is 3.40. The van der Waals surface area contributed by atoms with E-state index in [2.05, 4.69) is 58.1 Å². The van der Waals surface area contributed by atoms with E-state index in [4.69, 9.17) is 0 Å². The first kappa shape index (κ1) is 25.1. The fourth-order valence-corrected chi connectivity index (χ4v) is 3.61. The van der Waals surface area contributed by atoms with Crippen molar-refractivity contribution in [3.63, 3.8) is 0 Å². The van der Waals surface area contributed by atoms with Crippen LogP contribution >= 0.6 is 0 Å². The first-order valence-electron chi connectivity index (χ1n) is 11.6. The lowest BCUT2D eigenvalue weighted by Gasteiger charge is -2.25. The van der Waals surface area contributed by atoms with Crippen molar-refractivity contribution in [2.75, 3.05) is 15.5 Å². The van der Waals surface area contributed by atoms with Crippen molar-refractivity contribution in [3.8, 4) is 6.07 Å². The molecule has 0 atom stereocenters. The molecule has 3 aromatic carbocycles. The molecule has 0 spiro atoms. The first-order chi connectivity index (χ1) is 17.7. The Morgan fingerprint density at radius 2 is 1.73 bits per heavy atom. The highest BCUT2D eigenvalue weighted by atomic mass is 16.2. The summed E-state index contributed by atoms with van der Waals surface area (Å²) in [4.78, 5) is 27.4. The summed E-state index contributed by atoms with van der Waals surface area (Å²) in [5.74, 6) is -0.297. The molecule has 3 amide bonds. The lowest BCUT2D eigenvalue weighted by molar-refractivity contribution is 0.102. The molecule has 186 valence electrons. The second-order valence-corrected chi connectivity index (χ2v) is 9.39. The number of aromatic nitrogens is 4. The van der Waals surface area contributed by atoms with E-state index in [-0.39, 0.29) is 29.8 Å². The van der Waals surface area contributed by atoms with E-state index >= 15 is 0 Å². The lowest BCUT2D eigenvalue weighted by atomic mass is 9.87. The minimum atomic E-state index is -0.377. The number of carbonyl (C=O) groups is 2. The molecule has 1 heterocycles. The topological polar surface area (TPSA) is 140 Å². The number of amides is 3. The molecule has 0 radical (unpaired) electrons. The molecule has 0 aliphatic carbocycles. The third-order valence-corrected chi connectivity index (χ3v) is 5.66. The Labute approximate surface area is 214 Å². The van der Waals surface area contributed by atoms with Gasteiger partial charge >= 0.3 is 6.03 Å². The number of anilines is 3. The smallest absolute Gasteiger partial charge is 0.307 e. The minimum absolute atomic E-state index is 0.0265. The van der Waals surface area contributed by atoms with E-state index in [0.717, 1.165) is 11.1 Å². The number of aromatic amines is 1. The van der Waals surface area contributed by atoms with Gasteiger partial charge in [0.2, 0.25) is 0 Å². The van der Waals surface area contributed by atoms with Gasteiger partial charge in [-0.25, -0.2) is 4.79 Å². The number of tetrazole rings is 1. The lowest BCUT2D eigenvalue weighted by Crippen LogP contribution is -2.34. The van der Waals surface area contributed by atoms with Crippen molar-refractivity contribution in [1.82, 2.24) is 20.6 Å². The van der Waals surface area contributed by atoms with E-state index in [1.165, 1.54) is 0 Å². The zero-order valence-electron chi connectivity index (χ0n) is 20.7. The Bertz CT molecular complexity index is 1420. The fourth-order valence-electron chi connectivity index (χ4n) is 3.61. The van der Waals surface area contributed by atoms with Gasteiger partial charge in [-0.2, -0.15) is 10.5 Å². The second kappa shape index (κ2) is 10.7. The van der Waals surface area contributed by atoms with Crippen LogP contribution in [0.4, 0.5) is 22.1 Å². The van der Waals surface area contributed by atoms with Crippen molar-refractivity contribution in [1.29, 1.82) is 5.26 Å². The molecule has 10 heteroatoms. The van der Waals surface area contributed by atoms with E-state index in [0.29, 0.717) is 22.5 Å². The molecule has 10 nitrogen and oxygen atoms in total. The third kappa shape index (κ3) is 6.35. The van der Waals surface area contributed by atoms with Crippen molar-refractivity contribution >= 4 is 29.3 Å². The Morgan fingerprint density at radius 3 is 2.35 bits per heavy atom. The van der Waals surface area contributed by atoms with Gasteiger partial charge in [-0.15, -0.1) is 5.10 Å². The number of nitrogens with zero attached hydrogens (tertiary/aromatic N) is 5. The molecule has 0 unspecified atom stereocenters. The van der Waals surface area contributed by atoms with Crippen molar-refractivity contribution in [3.05, 3.63) is 95.1 Å². The van der Waals surface area contributed by atoms with Gasteiger partial charge in [-0.3, -0.25) is 15.0 Å². The maximum absolute atomic E-state index is 13.4. The second-order valence-electron chi connectivity index (χ2n) is 9.39. The van der Waals surface area contributed by atoms with E-state index in [1.807, 2.05) is 24.3 Å². The first-order valence-corrected chi connectivity index (χ1v) is 11.6. The van der Waals surface area contributed by atoms with E-state index in [9.17, 15) is 14.9 Å². The summed E-state index contributed by atoms with van der Waals surface area (Å²) in [6.07, 6.45) is 0. The molecule has 0 aliphatic rings. The van der Waals surface area contributed by atoms with Gasteiger partial charge in [0, 0.05) is 16.9 Å². The van der Waals surface area contributed by atoms with Crippen LogP contribution in [0.25, 0.3) is 0 Å². The maximum atomic E-state index is 13.4. The predicted molar refractivity (Wildman–Crippen MR) is 140 cm³/mol. The molecule has 0 saturated carbocycles. The molecule has 1 aromatic heterocycles. The molecule has 0 bridgehead atoms. The van der Waals surface area contributed by atoms with Crippen LogP contribution in [0.3, 0.4) is 0 Å². The zero-order valence-corrected chi connectivity index (χ0v) is 20.7. The highest BCUT2D eigenvalue weighted by Crippen LogP contribution is 2.26. The summed E-state index contributed by atoms with van der Waals surface area (Å²) in [5, 5.41) is 27.7. The number of nitriles is 1. The molecule has 3 N–H and O–H groups in total. The minimum Gasteiger partial charge on any atom is -0.307 e. The van der Waals surface area contributed by atoms with Crippen LogP contribution in [0.15, 0.2) is 72.8 Å². The summed E-state index contributed by atoms with van der Waals surface area (Å²) in [5.41, 5.74) is 4.03. The summed E-state index contributed by atoms with van der Waals surface area (Å²) in [6, 6.07) is 23.2. The number of H-pyrrole nitrogens is 1. The number of hydrogen-bond acceptors (Lipinski definition) is 6. The summed E-state index contributed by atoms with van der Waals surface area (Å²) in [7, 11) is 0. The van der Waals surface area contributed by atoms with Crippen LogP contribution in [0.5, 0.6) is 0 Å². The molecule has 4 aromatic rings. The Morgan fingerprint density at radius 1 is 1.00 bits per heavy atom. The van der Waals surface area contributed by atoms with Gasteiger partial charge < -0.3 is 5.32 Å². The molecule has 4 rings (SSSR count). The van der Waals surface area contributed by atoms with Crippen LogP contribution in [0.2, 0.25) is 0 Å². The van der Waals surface area contributed by atoms with Crippen LogP contribution in [0.1, 0.15) is 47.8 Å². The van der Waals surface area contributed by atoms with Crippen molar-refractivity contribution in [2.24, 2.45) is 0 Å². The van der Waals surface area contributed by atoms with Crippen molar-refractivity contribution < 1.29 is 9.59 Å². The fraction of sp³-hybridized carbons (Fsp3) is 0.185. The van der Waals surface area contributed by atoms with Gasteiger partial charge in [-0.1, -0.05) is 56.2 Å². The number of nitrogens with one attached hydrogen (secondary N) is 3. The largest absolute Gasteiger partial charge is 0.326 e. The van der Waals surface area contributed by atoms with Crippen LogP contribution in [-0.2, 0) is 12.0 Å². The Balaban J connectivity index is 1.57. The van der Waals surface area contributed by atoms with Gasteiger partial charge in [0.1, 0.15) is 0 Å². The number of rotatable bonds is 6. The summed E-state index contributed by atoms with van der Waals surface area (Å²) < 4.78 is 0. The van der Waals surface area contributed by atoms with Crippen LogP contribution in [-0.4, -0.2) is 32.6 Å². The SMILES string of the molecule is CC(C)(C)c1ccc(N(Cc2ccc(C(=O)Nc3nn[nH]n3)cc2)C(=O)Nc2cccc(C#N)c2)cc1. The third-order valence-electron chi connectivity index (χ3n) is 5.66. The molecule has 37 heavy (non-hydrogen) atoms. The number of hydrogen-bond donors (Lipinski definition) is 3. The average molecular weight is 495 g/mol. The maximum Gasteiger partial charge on any atom is 0.326 e. The Kier molecular flexibility index (Phi) is 7.25. The molecular weight excluding hydrogens is 468 g/mol. The normalized spacial score (nSPS) is 10.9. The number of carbonyl (C=O) groups excluding carboxylic acids is 2.